The van der Waals surface area contributed by atoms with Crippen LogP contribution in [0.5, 0.6) is 0 Å². The van der Waals surface area contributed by atoms with E-state index in [2.05, 4.69) is 33.1 Å². The van der Waals surface area contributed by atoms with E-state index in [9.17, 15) is 4.79 Å². The van der Waals surface area contributed by atoms with Gasteiger partial charge in [-0.3, -0.25) is 14.4 Å². The maximum absolute atomic E-state index is 11.4. The summed E-state index contributed by atoms with van der Waals surface area (Å²) in [4.78, 5) is 20.6. The van der Waals surface area contributed by atoms with Gasteiger partial charge in [-0.2, -0.15) is 5.10 Å². The van der Waals surface area contributed by atoms with Crippen LogP contribution in [0.4, 0.5) is 0 Å². The molecule has 3 heterocycles. The van der Waals surface area contributed by atoms with Gasteiger partial charge in [0.1, 0.15) is 0 Å². The first-order valence-corrected chi connectivity index (χ1v) is 8.58. The molecule has 130 valence electrons. The molecule has 1 aliphatic rings. The average molecular weight is 331 g/mol. The molecule has 1 fully saturated rings. The van der Waals surface area contributed by atoms with Crippen LogP contribution in [-0.2, 0) is 24.2 Å². The summed E-state index contributed by atoms with van der Waals surface area (Å²) in [5.74, 6) is 0.340. The van der Waals surface area contributed by atoms with Gasteiger partial charge in [-0.1, -0.05) is 6.92 Å². The summed E-state index contributed by atoms with van der Waals surface area (Å²) >= 11 is 0. The van der Waals surface area contributed by atoms with Crippen LogP contribution in [0.1, 0.15) is 24.6 Å². The van der Waals surface area contributed by atoms with Crippen molar-refractivity contribution in [1.29, 1.82) is 0 Å². The third-order valence-electron chi connectivity index (χ3n) is 4.20. The Morgan fingerprint density at radius 1 is 1.46 bits per heavy atom. The van der Waals surface area contributed by atoms with Gasteiger partial charge in [0.25, 0.3) is 5.56 Å². The topological polar surface area (TPSA) is 76.0 Å². The lowest BCUT2D eigenvalue weighted by Gasteiger charge is -2.22. The van der Waals surface area contributed by atoms with Crippen LogP contribution in [0.25, 0.3) is 0 Å². The average Bonchev–Trinajstić information content (AvgIpc) is 2.86. The lowest BCUT2D eigenvalue weighted by Crippen LogP contribution is -2.30. The molecule has 1 aliphatic heterocycles. The molecule has 0 saturated carbocycles. The van der Waals surface area contributed by atoms with Crippen molar-refractivity contribution >= 4 is 0 Å². The fraction of sp³-hybridized carbons (Fsp3) is 0.588. The molecule has 0 radical (unpaired) electrons. The van der Waals surface area contributed by atoms with E-state index in [1.807, 2.05) is 10.9 Å². The van der Waals surface area contributed by atoms with E-state index in [1.54, 1.807) is 6.07 Å². The summed E-state index contributed by atoms with van der Waals surface area (Å²) < 4.78 is 7.75. The molecule has 0 aliphatic carbocycles. The lowest BCUT2D eigenvalue weighted by atomic mass is 10.0. The van der Waals surface area contributed by atoms with E-state index in [1.165, 1.54) is 11.9 Å². The standard InChI is InChI=1S/C17H25N5O2/c1-2-3-22-11-15(8-20-22)10-21-4-5-24-12-14(9-21)6-16-7-17(23)19-13-18-16/h7-8,11,13-14H,2-6,9-10,12H2,1H3,(H,18,19,23)/t14-/m0/s1. The fourth-order valence-corrected chi connectivity index (χ4v) is 3.13. The molecule has 0 bridgehead atoms. The Bertz CT molecular complexity index is 696. The van der Waals surface area contributed by atoms with E-state index >= 15 is 0 Å². The number of hydrogen-bond donors (Lipinski definition) is 1. The second-order valence-corrected chi connectivity index (χ2v) is 6.39. The monoisotopic (exact) mass is 331 g/mol. The number of aromatic amines is 1. The first-order chi connectivity index (χ1) is 11.7. The van der Waals surface area contributed by atoms with Crippen molar-refractivity contribution in [2.24, 2.45) is 5.92 Å². The highest BCUT2D eigenvalue weighted by Crippen LogP contribution is 2.14. The molecular weight excluding hydrogens is 306 g/mol. The second-order valence-electron chi connectivity index (χ2n) is 6.39. The zero-order chi connectivity index (χ0) is 16.8. The zero-order valence-electron chi connectivity index (χ0n) is 14.1. The fourth-order valence-electron chi connectivity index (χ4n) is 3.13. The van der Waals surface area contributed by atoms with Crippen molar-refractivity contribution in [3.05, 3.63) is 46.4 Å². The van der Waals surface area contributed by atoms with Crippen molar-refractivity contribution in [2.75, 3.05) is 26.3 Å². The minimum absolute atomic E-state index is 0.102. The van der Waals surface area contributed by atoms with Crippen LogP contribution in [0.15, 0.2) is 29.6 Å². The van der Waals surface area contributed by atoms with Crippen LogP contribution in [0, 0.1) is 5.92 Å². The number of ether oxygens (including phenoxy) is 1. The Morgan fingerprint density at radius 2 is 2.38 bits per heavy atom. The largest absolute Gasteiger partial charge is 0.380 e. The molecule has 0 spiro atoms. The van der Waals surface area contributed by atoms with Gasteiger partial charge in [0.2, 0.25) is 0 Å². The SMILES string of the molecule is CCCn1cc(CN2CCOC[C@@H](Cc3cc(=O)[nH]cn3)C2)cn1. The van der Waals surface area contributed by atoms with Crippen molar-refractivity contribution in [1.82, 2.24) is 24.6 Å². The minimum Gasteiger partial charge on any atom is -0.380 e. The number of rotatable bonds is 6. The molecule has 24 heavy (non-hydrogen) atoms. The van der Waals surface area contributed by atoms with Crippen LogP contribution in [0.3, 0.4) is 0 Å². The molecule has 0 aromatic carbocycles. The predicted molar refractivity (Wildman–Crippen MR) is 90.7 cm³/mol. The number of H-pyrrole nitrogens is 1. The highest BCUT2D eigenvalue weighted by Gasteiger charge is 2.20. The Kier molecular flexibility index (Phi) is 5.77. The highest BCUT2D eigenvalue weighted by atomic mass is 16.5. The van der Waals surface area contributed by atoms with Gasteiger partial charge in [0.05, 0.1) is 25.7 Å². The second kappa shape index (κ2) is 8.21. The molecule has 1 N–H and O–H groups in total. The van der Waals surface area contributed by atoms with Crippen LogP contribution in [-0.4, -0.2) is 51.0 Å². The Morgan fingerprint density at radius 3 is 3.21 bits per heavy atom. The van der Waals surface area contributed by atoms with Gasteiger partial charge >= 0.3 is 0 Å². The van der Waals surface area contributed by atoms with Gasteiger partial charge in [0.15, 0.2) is 0 Å². The van der Waals surface area contributed by atoms with Crippen LogP contribution >= 0.6 is 0 Å². The predicted octanol–water partition coefficient (Wildman–Crippen LogP) is 1.07. The van der Waals surface area contributed by atoms with Crippen molar-refractivity contribution in [3.8, 4) is 0 Å². The van der Waals surface area contributed by atoms with E-state index in [0.717, 1.165) is 51.3 Å². The summed E-state index contributed by atoms with van der Waals surface area (Å²) in [5.41, 5.74) is 1.96. The first kappa shape index (κ1) is 16.9. The third-order valence-corrected chi connectivity index (χ3v) is 4.20. The molecule has 1 saturated heterocycles. The minimum atomic E-state index is -0.102. The number of aryl methyl sites for hydroxylation is 1. The summed E-state index contributed by atoms with van der Waals surface area (Å²) in [6.07, 6.45) is 7.39. The number of hydrogen-bond acceptors (Lipinski definition) is 5. The molecule has 3 rings (SSSR count). The van der Waals surface area contributed by atoms with E-state index < -0.39 is 0 Å². The summed E-state index contributed by atoms with van der Waals surface area (Å²) in [6, 6.07) is 1.57. The molecule has 7 heteroatoms. The smallest absolute Gasteiger partial charge is 0.250 e. The highest BCUT2D eigenvalue weighted by molar-refractivity contribution is 5.04. The molecular formula is C17H25N5O2. The van der Waals surface area contributed by atoms with E-state index in [0.29, 0.717) is 12.5 Å². The Balaban J connectivity index is 1.60. The summed E-state index contributed by atoms with van der Waals surface area (Å²) in [7, 11) is 0. The van der Waals surface area contributed by atoms with Gasteiger partial charge in [-0.25, -0.2) is 4.98 Å². The summed E-state index contributed by atoms with van der Waals surface area (Å²) in [6.45, 7) is 7.29. The van der Waals surface area contributed by atoms with E-state index in [4.69, 9.17) is 4.74 Å². The molecule has 2 aromatic heterocycles. The number of nitrogens with one attached hydrogen (secondary N) is 1. The summed E-state index contributed by atoms with van der Waals surface area (Å²) in [5, 5.41) is 4.40. The van der Waals surface area contributed by atoms with Crippen molar-refractivity contribution in [2.45, 2.75) is 32.9 Å². The van der Waals surface area contributed by atoms with Crippen LogP contribution < -0.4 is 5.56 Å². The maximum Gasteiger partial charge on any atom is 0.250 e. The molecule has 7 nitrogen and oxygen atoms in total. The molecule has 1 atom stereocenters. The molecule has 0 unspecified atom stereocenters. The number of aromatic nitrogens is 4. The number of nitrogens with zero attached hydrogens (tertiary/aromatic N) is 4. The lowest BCUT2D eigenvalue weighted by molar-refractivity contribution is 0.121. The normalized spacial score (nSPS) is 19.3. The van der Waals surface area contributed by atoms with Gasteiger partial charge in [0, 0.05) is 55.6 Å². The third kappa shape index (κ3) is 4.75. The van der Waals surface area contributed by atoms with Gasteiger partial charge < -0.3 is 9.72 Å². The van der Waals surface area contributed by atoms with Crippen LogP contribution in [0.2, 0.25) is 0 Å². The van der Waals surface area contributed by atoms with Crippen molar-refractivity contribution < 1.29 is 4.74 Å². The van der Waals surface area contributed by atoms with Crippen molar-refractivity contribution in [3.63, 3.8) is 0 Å². The van der Waals surface area contributed by atoms with Gasteiger partial charge in [-0.15, -0.1) is 0 Å². The molecule has 0 amide bonds. The quantitative estimate of drug-likeness (QED) is 0.857. The van der Waals surface area contributed by atoms with Gasteiger partial charge in [-0.05, 0) is 12.8 Å². The Hall–Kier alpha value is -1.99. The first-order valence-electron chi connectivity index (χ1n) is 8.58. The van der Waals surface area contributed by atoms with E-state index in [-0.39, 0.29) is 5.56 Å². The zero-order valence-corrected chi connectivity index (χ0v) is 14.1. The maximum atomic E-state index is 11.4. The Labute approximate surface area is 141 Å². The molecule has 2 aromatic rings.